The van der Waals surface area contributed by atoms with Gasteiger partial charge < -0.3 is 9.47 Å². The molecule has 4 nitrogen and oxygen atoms in total. The Kier molecular flexibility index (Phi) is 5.22. The van der Waals surface area contributed by atoms with Crippen molar-refractivity contribution in [1.29, 1.82) is 0 Å². The van der Waals surface area contributed by atoms with Crippen LogP contribution in [0.3, 0.4) is 0 Å². The summed E-state index contributed by atoms with van der Waals surface area (Å²) < 4.78 is 11.0. The summed E-state index contributed by atoms with van der Waals surface area (Å²) >= 11 is 6.15. The summed E-state index contributed by atoms with van der Waals surface area (Å²) in [7, 11) is 0. The highest BCUT2D eigenvalue weighted by atomic mass is 35.5. The minimum absolute atomic E-state index is 0.213. The minimum Gasteiger partial charge on any atom is -0.489 e. The number of halogens is 1. The SMILES string of the molecule is O=C1OC(c2ccccc2Cl)=NC1=Cc1ccc(OCc2ccccc2)cc1. The Morgan fingerprint density at radius 2 is 1.64 bits per heavy atom. The summed E-state index contributed by atoms with van der Waals surface area (Å²) in [6.45, 7) is 0.499. The number of carbonyl (C=O) groups excluding carboxylic acids is 1. The van der Waals surface area contributed by atoms with Crippen LogP contribution < -0.4 is 4.74 Å². The lowest BCUT2D eigenvalue weighted by Crippen LogP contribution is -2.05. The molecule has 28 heavy (non-hydrogen) atoms. The van der Waals surface area contributed by atoms with Crippen LogP contribution in [0, 0.1) is 0 Å². The third-order valence-electron chi connectivity index (χ3n) is 4.16. The van der Waals surface area contributed by atoms with E-state index in [4.69, 9.17) is 21.1 Å². The molecule has 5 heteroatoms. The van der Waals surface area contributed by atoms with Crippen LogP contribution in [0.15, 0.2) is 89.6 Å². The molecule has 0 bridgehead atoms. The summed E-state index contributed by atoms with van der Waals surface area (Å²) in [4.78, 5) is 16.4. The first-order valence-electron chi connectivity index (χ1n) is 8.73. The fourth-order valence-electron chi connectivity index (χ4n) is 2.72. The van der Waals surface area contributed by atoms with Gasteiger partial charge in [-0.2, -0.15) is 0 Å². The topological polar surface area (TPSA) is 47.9 Å². The van der Waals surface area contributed by atoms with E-state index < -0.39 is 5.97 Å². The summed E-state index contributed by atoms with van der Waals surface area (Å²) in [6, 6.07) is 24.5. The van der Waals surface area contributed by atoms with Gasteiger partial charge in [-0.15, -0.1) is 0 Å². The number of benzene rings is 3. The molecule has 0 saturated heterocycles. The number of carbonyl (C=O) groups is 1. The van der Waals surface area contributed by atoms with E-state index in [1.54, 1.807) is 24.3 Å². The van der Waals surface area contributed by atoms with Gasteiger partial charge in [0.1, 0.15) is 12.4 Å². The van der Waals surface area contributed by atoms with Crippen LogP contribution in [0.2, 0.25) is 5.02 Å². The second-order valence-corrected chi connectivity index (χ2v) is 6.57. The van der Waals surface area contributed by atoms with E-state index in [-0.39, 0.29) is 11.6 Å². The molecular formula is C23H16ClNO3. The molecule has 138 valence electrons. The van der Waals surface area contributed by atoms with Crippen LogP contribution in [0.25, 0.3) is 6.08 Å². The molecule has 0 aliphatic carbocycles. The molecule has 0 unspecified atom stereocenters. The van der Waals surface area contributed by atoms with E-state index in [1.165, 1.54) is 0 Å². The maximum atomic E-state index is 12.1. The number of cyclic esters (lactones) is 1. The number of esters is 1. The highest BCUT2D eigenvalue weighted by molar-refractivity contribution is 6.34. The predicted octanol–water partition coefficient (Wildman–Crippen LogP) is 5.26. The average molecular weight is 390 g/mol. The molecule has 3 aromatic carbocycles. The molecule has 0 atom stereocenters. The maximum absolute atomic E-state index is 12.1. The highest BCUT2D eigenvalue weighted by Gasteiger charge is 2.25. The highest BCUT2D eigenvalue weighted by Crippen LogP contribution is 2.24. The van der Waals surface area contributed by atoms with Gasteiger partial charge in [0, 0.05) is 0 Å². The van der Waals surface area contributed by atoms with E-state index in [9.17, 15) is 4.79 Å². The van der Waals surface area contributed by atoms with E-state index in [1.807, 2.05) is 60.7 Å². The first-order valence-corrected chi connectivity index (χ1v) is 9.11. The Balaban J connectivity index is 1.48. The fraction of sp³-hybridized carbons (Fsp3) is 0.0435. The number of nitrogens with zero attached hydrogens (tertiary/aromatic N) is 1. The van der Waals surface area contributed by atoms with Crippen molar-refractivity contribution in [2.75, 3.05) is 0 Å². The van der Waals surface area contributed by atoms with Crippen molar-refractivity contribution in [2.45, 2.75) is 6.61 Å². The van der Waals surface area contributed by atoms with Crippen molar-refractivity contribution in [3.63, 3.8) is 0 Å². The maximum Gasteiger partial charge on any atom is 0.363 e. The molecule has 0 aromatic heterocycles. The van der Waals surface area contributed by atoms with Crippen LogP contribution in [-0.4, -0.2) is 11.9 Å². The molecule has 0 fully saturated rings. The second kappa shape index (κ2) is 8.11. The number of rotatable bonds is 5. The molecule has 0 N–H and O–H groups in total. The Bertz CT molecular complexity index is 1060. The van der Waals surface area contributed by atoms with Gasteiger partial charge in [0.05, 0.1) is 10.6 Å². The van der Waals surface area contributed by atoms with Gasteiger partial charge >= 0.3 is 5.97 Å². The lowest BCUT2D eigenvalue weighted by atomic mass is 10.2. The van der Waals surface area contributed by atoms with Crippen LogP contribution in [-0.2, 0) is 16.1 Å². The van der Waals surface area contributed by atoms with E-state index in [2.05, 4.69) is 4.99 Å². The zero-order valence-electron chi connectivity index (χ0n) is 14.8. The Morgan fingerprint density at radius 3 is 2.39 bits per heavy atom. The summed E-state index contributed by atoms with van der Waals surface area (Å²) in [5.41, 5.74) is 2.74. The van der Waals surface area contributed by atoms with E-state index in [0.29, 0.717) is 17.2 Å². The molecule has 0 amide bonds. The minimum atomic E-state index is -0.501. The first kappa shape index (κ1) is 18.0. The number of aliphatic imine (C=N–C) groups is 1. The van der Waals surface area contributed by atoms with Gasteiger partial charge in [0.25, 0.3) is 0 Å². The average Bonchev–Trinajstić information content (AvgIpc) is 3.08. The third-order valence-corrected chi connectivity index (χ3v) is 4.49. The lowest BCUT2D eigenvalue weighted by molar-refractivity contribution is -0.129. The van der Waals surface area contributed by atoms with Gasteiger partial charge in [-0.25, -0.2) is 9.79 Å². The van der Waals surface area contributed by atoms with Crippen molar-refractivity contribution in [1.82, 2.24) is 0 Å². The number of ether oxygens (including phenoxy) is 2. The molecule has 0 saturated carbocycles. The first-order chi connectivity index (χ1) is 13.7. The van der Waals surface area contributed by atoms with E-state index >= 15 is 0 Å². The Hall–Kier alpha value is -3.37. The molecule has 1 aliphatic heterocycles. The van der Waals surface area contributed by atoms with Gasteiger partial charge in [0.15, 0.2) is 5.70 Å². The Morgan fingerprint density at radius 1 is 0.929 bits per heavy atom. The monoisotopic (exact) mass is 389 g/mol. The molecule has 1 aliphatic rings. The largest absolute Gasteiger partial charge is 0.489 e. The predicted molar refractivity (Wildman–Crippen MR) is 109 cm³/mol. The molecule has 4 rings (SSSR count). The quantitative estimate of drug-likeness (QED) is 0.441. The van der Waals surface area contributed by atoms with Crippen LogP contribution in [0.5, 0.6) is 5.75 Å². The van der Waals surface area contributed by atoms with Crippen molar-refractivity contribution in [3.8, 4) is 5.75 Å². The normalized spacial score (nSPS) is 14.7. The lowest BCUT2D eigenvalue weighted by Gasteiger charge is -2.06. The van der Waals surface area contributed by atoms with Crippen molar-refractivity contribution in [2.24, 2.45) is 4.99 Å². The van der Waals surface area contributed by atoms with Crippen molar-refractivity contribution >= 4 is 29.5 Å². The van der Waals surface area contributed by atoms with Gasteiger partial charge in [-0.1, -0.05) is 66.2 Å². The molecular weight excluding hydrogens is 374 g/mol. The van der Waals surface area contributed by atoms with Crippen LogP contribution in [0.4, 0.5) is 0 Å². The fourth-order valence-corrected chi connectivity index (χ4v) is 2.93. The molecule has 0 spiro atoms. The van der Waals surface area contributed by atoms with Crippen LogP contribution >= 0.6 is 11.6 Å². The number of hydrogen-bond donors (Lipinski definition) is 0. The van der Waals surface area contributed by atoms with Gasteiger partial charge in [-0.3, -0.25) is 0 Å². The second-order valence-electron chi connectivity index (χ2n) is 6.16. The Labute approximate surface area is 167 Å². The molecule has 3 aromatic rings. The summed E-state index contributed by atoms with van der Waals surface area (Å²) in [5, 5.41) is 0.482. The zero-order valence-corrected chi connectivity index (χ0v) is 15.6. The molecule has 0 radical (unpaired) electrons. The van der Waals surface area contributed by atoms with Crippen molar-refractivity contribution < 1.29 is 14.3 Å². The van der Waals surface area contributed by atoms with Crippen LogP contribution in [0.1, 0.15) is 16.7 Å². The van der Waals surface area contributed by atoms with Gasteiger partial charge in [0.2, 0.25) is 5.90 Å². The van der Waals surface area contributed by atoms with E-state index in [0.717, 1.165) is 16.9 Å². The third kappa shape index (κ3) is 4.13. The van der Waals surface area contributed by atoms with Crippen molar-refractivity contribution in [3.05, 3.63) is 106 Å². The number of hydrogen-bond acceptors (Lipinski definition) is 4. The zero-order chi connectivity index (χ0) is 19.3. The summed E-state index contributed by atoms with van der Waals surface area (Å²) in [6.07, 6.45) is 1.67. The summed E-state index contributed by atoms with van der Waals surface area (Å²) in [5.74, 6) is 0.462. The standard InChI is InChI=1S/C23H16ClNO3/c24-20-9-5-4-8-19(20)22-25-21(23(26)28-22)14-16-10-12-18(13-11-16)27-15-17-6-2-1-3-7-17/h1-14H,15H2. The smallest absolute Gasteiger partial charge is 0.363 e. The molecule has 1 heterocycles. The van der Waals surface area contributed by atoms with Gasteiger partial charge in [-0.05, 0) is 41.5 Å².